The van der Waals surface area contributed by atoms with Gasteiger partial charge in [0.2, 0.25) is 5.82 Å². The van der Waals surface area contributed by atoms with Gasteiger partial charge in [-0.15, -0.1) is 6.58 Å². The Labute approximate surface area is 114 Å². The highest BCUT2D eigenvalue weighted by Gasteiger charge is 2.08. The Morgan fingerprint density at radius 2 is 1.79 bits per heavy atom. The summed E-state index contributed by atoms with van der Waals surface area (Å²) in [6, 6.07) is 4.87. The zero-order valence-electron chi connectivity index (χ0n) is 11.3. The van der Waals surface area contributed by atoms with Gasteiger partial charge in [-0.25, -0.2) is 4.39 Å². The van der Waals surface area contributed by atoms with Gasteiger partial charge in [0.15, 0.2) is 11.6 Å². The summed E-state index contributed by atoms with van der Waals surface area (Å²) in [5.74, 6) is -1.96. The van der Waals surface area contributed by atoms with Crippen molar-refractivity contribution in [3.8, 4) is 5.75 Å². The molecule has 0 atom stereocenters. The number of hydrogen-bond donors (Lipinski definition) is 0. The van der Waals surface area contributed by atoms with Crippen molar-refractivity contribution < 1.29 is 13.5 Å². The molecule has 0 fully saturated rings. The SMILES string of the molecule is C=CCCCCCCCCOc1cc[c]c(F)c1F. The Hall–Kier alpha value is -1.38. The molecule has 1 nitrogen and oxygen atoms in total. The van der Waals surface area contributed by atoms with Crippen LogP contribution >= 0.6 is 0 Å². The van der Waals surface area contributed by atoms with Crippen LogP contribution in [-0.2, 0) is 0 Å². The summed E-state index contributed by atoms with van der Waals surface area (Å²) in [5.41, 5.74) is 0. The minimum atomic E-state index is -0.986. The average Bonchev–Trinajstić information content (AvgIpc) is 2.41. The van der Waals surface area contributed by atoms with E-state index in [0.29, 0.717) is 6.61 Å². The lowest BCUT2D eigenvalue weighted by Crippen LogP contribution is -2.00. The van der Waals surface area contributed by atoms with Crippen LogP contribution in [0, 0.1) is 17.7 Å². The normalized spacial score (nSPS) is 10.4. The third-order valence-electron chi connectivity index (χ3n) is 2.91. The number of ether oxygens (including phenoxy) is 1. The van der Waals surface area contributed by atoms with Crippen molar-refractivity contribution in [2.24, 2.45) is 0 Å². The third kappa shape index (κ3) is 6.37. The first-order chi connectivity index (χ1) is 9.25. The maximum absolute atomic E-state index is 13.2. The summed E-state index contributed by atoms with van der Waals surface area (Å²) >= 11 is 0. The second kappa shape index (κ2) is 9.54. The molecule has 0 N–H and O–H groups in total. The van der Waals surface area contributed by atoms with Crippen LogP contribution in [0.2, 0.25) is 0 Å². The van der Waals surface area contributed by atoms with Crippen LogP contribution in [0.4, 0.5) is 8.78 Å². The highest BCUT2D eigenvalue weighted by molar-refractivity contribution is 5.24. The van der Waals surface area contributed by atoms with Gasteiger partial charge in [0, 0.05) is 6.07 Å². The van der Waals surface area contributed by atoms with Crippen molar-refractivity contribution in [3.63, 3.8) is 0 Å². The zero-order valence-corrected chi connectivity index (χ0v) is 11.3. The van der Waals surface area contributed by atoms with Crippen LogP contribution in [0.5, 0.6) is 5.75 Å². The quantitative estimate of drug-likeness (QED) is 0.425. The number of hydrogen-bond acceptors (Lipinski definition) is 1. The third-order valence-corrected chi connectivity index (χ3v) is 2.91. The van der Waals surface area contributed by atoms with Crippen molar-refractivity contribution >= 4 is 0 Å². The molecule has 1 radical (unpaired) electrons. The highest BCUT2D eigenvalue weighted by atomic mass is 19.2. The fourth-order valence-electron chi connectivity index (χ4n) is 1.83. The van der Waals surface area contributed by atoms with Gasteiger partial charge in [0.05, 0.1) is 6.61 Å². The maximum atomic E-state index is 13.2. The van der Waals surface area contributed by atoms with E-state index in [1.54, 1.807) is 0 Å². The van der Waals surface area contributed by atoms with Gasteiger partial charge in [-0.2, -0.15) is 4.39 Å². The monoisotopic (exact) mass is 267 g/mol. The predicted octanol–water partition coefficient (Wildman–Crippen LogP) is 5.06. The van der Waals surface area contributed by atoms with E-state index in [9.17, 15) is 8.78 Å². The van der Waals surface area contributed by atoms with Gasteiger partial charge in [-0.3, -0.25) is 0 Å². The minimum absolute atomic E-state index is 0.0257. The molecule has 1 rings (SSSR count). The van der Waals surface area contributed by atoms with Gasteiger partial charge in [-0.05, 0) is 31.4 Å². The fourth-order valence-corrected chi connectivity index (χ4v) is 1.83. The Bertz CT molecular complexity index is 377. The molecule has 0 heterocycles. The van der Waals surface area contributed by atoms with E-state index < -0.39 is 11.6 Å². The molecule has 3 heteroatoms. The van der Waals surface area contributed by atoms with Gasteiger partial charge >= 0.3 is 0 Å². The van der Waals surface area contributed by atoms with Crippen molar-refractivity contribution in [2.45, 2.75) is 44.9 Å². The molecule has 0 saturated heterocycles. The van der Waals surface area contributed by atoms with Gasteiger partial charge in [0.25, 0.3) is 0 Å². The Kier molecular flexibility index (Phi) is 7.87. The van der Waals surface area contributed by atoms with Crippen molar-refractivity contribution in [3.05, 3.63) is 42.5 Å². The number of unbranched alkanes of at least 4 members (excludes halogenated alkanes) is 6. The summed E-state index contributed by atoms with van der Waals surface area (Å²) in [5, 5.41) is 0. The molecule has 105 valence electrons. The van der Waals surface area contributed by atoms with Crippen molar-refractivity contribution in [1.82, 2.24) is 0 Å². The summed E-state index contributed by atoms with van der Waals surface area (Å²) in [4.78, 5) is 0. The lowest BCUT2D eigenvalue weighted by atomic mass is 10.1. The van der Waals surface area contributed by atoms with E-state index in [4.69, 9.17) is 4.74 Å². The maximum Gasteiger partial charge on any atom is 0.201 e. The van der Waals surface area contributed by atoms with Gasteiger partial charge in [0.1, 0.15) is 0 Å². The topological polar surface area (TPSA) is 9.23 Å². The summed E-state index contributed by atoms with van der Waals surface area (Å²) < 4.78 is 31.3. The van der Waals surface area contributed by atoms with Crippen LogP contribution < -0.4 is 4.74 Å². The molecule has 0 unspecified atom stereocenters. The molecule has 1 aromatic rings. The molecule has 0 aliphatic rings. The highest BCUT2D eigenvalue weighted by Crippen LogP contribution is 2.19. The van der Waals surface area contributed by atoms with E-state index in [2.05, 4.69) is 12.6 Å². The fraction of sp³-hybridized carbons (Fsp3) is 0.500. The van der Waals surface area contributed by atoms with Crippen LogP contribution in [0.15, 0.2) is 24.8 Å². The predicted molar refractivity (Wildman–Crippen MR) is 73.2 cm³/mol. The lowest BCUT2D eigenvalue weighted by Gasteiger charge is -2.07. The summed E-state index contributed by atoms with van der Waals surface area (Å²) in [7, 11) is 0. The smallest absolute Gasteiger partial charge is 0.201 e. The Balaban J connectivity index is 2.05. The van der Waals surface area contributed by atoms with Gasteiger partial charge < -0.3 is 4.74 Å². The molecular weight excluding hydrogens is 246 g/mol. The number of allylic oxidation sites excluding steroid dienone is 1. The van der Waals surface area contributed by atoms with Crippen LogP contribution in [0.3, 0.4) is 0 Å². The van der Waals surface area contributed by atoms with E-state index in [-0.39, 0.29) is 5.75 Å². The van der Waals surface area contributed by atoms with Crippen molar-refractivity contribution in [2.75, 3.05) is 6.61 Å². The molecule has 0 bridgehead atoms. The molecule has 0 amide bonds. The first-order valence-corrected chi connectivity index (χ1v) is 6.85. The lowest BCUT2D eigenvalue weighted by molar-refractivity contribution is 0.284. The van der Waals surface area contributed by atoms with Crippen LogP contribution in [0.25, 0.3) is 0 Å². The zero-order chi connectivity index (χ0) is 13.9. The summed E-state index contributed by atoms with van der Waals surface area (Å²) in [6.45, 7) is 4.11. The van der Waals surface area contributed by atoms with E-state index in [0.717, 1.165) is 25.7 Å². The molecule has 19 heavy (non-hydrogen) atoms. The second-order valence-electron chi connectivity index (χ2n) is 4.52. The molecule has 0 spiro atoms. The molecule has 0 aliphatic carbocycles. The number of halogens is 2. The standard InChI is InChI=1S/C16H21F2O/c1-2-3-4-5-6-7-8-9-13-19-15-12-10-11-14(17)16(15)18/h2,10,12H,1,3-9,13H2. The Morgan fingerprint density at radius 3 is 2.53 bits per heavy atom. The molecule has 1 aromatic carbocycles. The largest absolute Gasteiger partial charge is 0.490 e. The number of benzene rings is 1. The molecule has 0 aromatic heterocycles. The minimum Gasteiger partial charge on any atom is -0.490 e. The summed E-state index contributed by atoms with van der Waals surface area (Å²) in [6.07, 6.45) is 9.72. The van der Waals surface area contributed by atoms with E-state index >= 15 is 0 Å². The second-order valence-corrected chi connectivity index (χ2v) is 4.52. The first kappa shape index (κ1) is 15.7. The van der Waals surface area contributed by atoms with E-state index in [1.807, 2.05) is 6.08 Å². The van der Waals surface area contributed by atoms with E-state index in [1.165, 1.54) is 31.4 Å². The molecular formula is C16H21F2O. The van der Waals surface area contributed by atoms with Crippen LogP contribution in [0.1, 0.15) is 44.9 Å². The average molecular weight is 267 g/mol. The molecule has 0 aliphatic heterocycles. The Morgan fingerprint density at radius 1 is 1.11 bits per heavy atom. The van der Waals surface area contributed by atoms with Crippen molar-refractivity contribution in [1.29, 1.82) is 0 Å². The van der Waals surface area contributed by atoms with Gasteiger partial charge in [-0.1, -0.05) is 31.8 Å². The first-order valence-electron chi connectivity index (χ1n) is 6.85. The molecule has 0 saturated carbocycles. The van der Waals surface area contributed by atoms with Crippen LogP contribution in [-0.4, -0.2) is 6.61 Å². The number of rotatable bonds is 10.